The summed E-state index contributed by atoms with van der Waals surface area (Å²) in [4.78, 5) is 12.3. The van der Waals surface area contributed by atoms with Gasteiger partial charge in [-0.25, -0.2) is 8.42 Å². The molecule has 0 spiro atoms. The van der Waals surface area contributed by atoms with Gasteiger partial charge in [0.15, 0.2) is 0 Å². The van der Waals surface area contributed by atoms with Gasteiger partial charge in [-0.1, -0.05) is 43.6 Å². The maximum atomic E-state index is 12.4. The zero-order valence-corrected chi connectivity index (χ0v) is 16.5. The van der Waals surface area contributed by atoms with E-state index in [4.69, 9.17) is 11.6 Å². The quantitative estimate of drug-likeness (QED) is 0.737. The molecule has 0 fully saturated rings. The molecule has 2 aromatic rings. The maximum Gasteiger partial charge on any atom is 0.243 e. The van der Waals surface area contributed by atoms with Crippen molar-refractivity contribution in [2.24, 2.45) is 0 Å². The minimum atomic E-state index is -3.49. The molecule has 0 saturated carbocycles. The molecular weight excluding hydrogens is 372 g/mol. The molecule has 0 aliphatic rings. The monoisotopic (exact) mass is 394 g/mol. The Balaban J connectivity index is 1.98. The highest BCUT2D eigenvalue weighted by Gasteiger charge is 2.21. The largest absolute Gasteiger partial charge is 0.326 e. The van der Waals surface area contributed by atoms with E-state index < -0.39 is 10.0 Å². The lowest BCUT2D eigenvalue weighted by Crippen LogP contribution is -2.30. The average Bonchev–Trinajstić information content (AvgIpc) is 2.62. The first-order valence-corrected chi connectivity index (χ1v) is 10.3. The Morgan fingerprint density at radius 3 is 2.23 bits per heavy atom. The number of carbonyl (C=O) groups is 1. The smallest absolute Gasteiger partial charge is 0.243 e. The Morgan fingerprint density at radius 1 is 1.04 bits per heavy atom. The predicted octanol–water partition coefficient (Wildman–Crippen LogP) is 3.94. The average molecular weight is 395 g/mol. The van der Waals surface area contributed by atoms with E-state index in [-0.39, 0.29) is 10.8 Å². The standard InChI is InChI=1S/C19H23ClN2O3S/c1-3-22(4-2)26(24,25)17-12-10-16(11-13-17)21-19(23)14-9-15-7-5-6-8-18(15)20/h5-8,10-13H,3-4,9,14H2,1-2H3,(H,21,23). The number of amides is 1. The van der Waals surface area contributed by atoms with Crippen LogP contribution in [-0.4, -0.2) is 31.7 Å². The Morgan fingerprint density at radius 2 is 1.65 bits per heavy atom. The molecule has 7 heteroatoms. The first kappa shape index (κ1) is 20.4. The van der Waals surface area contributed by atoms with E-state index >= 15 is 0 Å². The summed E-state index contributed by atoms with van der Waals surface area (Å²) in [6.07, 6.45) is 0.836. The fourth-order valence-electron chi connectivity index (χ4n) is 2.60. The highest BCUT2D eigenvalue weighted by atomic mass is 35.5. The summed E-state index contributed by atoms with van der Waals surface area (Å²) in [6.45, 7) is 4.43. The number of rotatable bonds is 8. The third-order valence-corrected chi connectivity index (χ3v) is 6.49. The molecule has 0 radical (unpaired) electrons. The molecule has 0 unspecified atom stereocenters. The van der Waals surface area contributed by atoms with E-state index in [2.05, 4.69) is 5.32 Å². The highest BCUT2D eigenvalue weighted by molar-refractivity contribution is 7.89. The van der Waals surface area contributed by atoms with Crippen LogP contribution in [-0.2, 0) is 21.2 Å². The molecule has 1 amide bonds. The van der Waals surface area contributed by atoms with Crippen molar-refractivity contribution in [2.75, 3.05) is 18.4 Å². The van der Waals surface area contributed by atoms with E-state index in [1.807, 2.05) is 18.2 Å². The molecule has 0 aliphatic heterocycles. The summed E-state index contributed by atoms with van der Waals surface area (Å²) in [7, 11) is -3.49. The Labute approximate surface area is 160 Å². The molecule has 0 heterocycles. The van der Waals surface area contributed by atoms with E-state index in [0.29, 0.717) is 36.6 Å². The minimum Gasteiger partial charge on any atom is -0.326 e. The maximum absolute atomic E-state index is 12.4. The third kappa shape index (κ3) is 5.06. The van der Waals surface area contributed by atoms with Gasteiger partial charge in [-0.15, -0.1) is 0 Å². The fourth-order valence-corrected chi connectivity index (χ4v) is 4.28. The lowest BCUT2D eigenvalue weighted by Gasteiger charge is -2.18. The molecular formula is C19H23ClN2O3S. The minimum absolute atomic E-state index is 0.149. The van der Waals surface area contributed by atoms with Crippen LogP contribution in [0.5, 0.6) is 0 Å². The van der Waals surface area contributed by atoms with Gasteiger partial charge in [0.1, 0.15) is 0 Å². The van der Waals surface area contributed by atoms with Crippen LogP contribution in [0.3, 0.4) is 0 Å². The van der Waals surface area contributed by atoms with Gasteiger partial charge in [0.25, 0.3) is 0 Å². The Kier molecular flexibility index (Phi) is 7.20. The number of sulfonamides is 1. The number of nitrogens with one attached hydrogen (secondary N) is 1. The van der Waals surface area contributed by atoms with Crippen molar-refractivity contribution in [3.63, 3.8) is 0 Å². The molecule has 2 rings (SSSR count). The Bertz CT molecular complexity index is 847. The fraction of sp³-hybridized carbons (Fsp3) is 0.316. The summed E-state index contributed by atoms with van der Waals surface area (Å²) >= 11 is 6.08. The molecule has 5 nitrogen and oxygen atoms in total. The summed E-state index contributed by atoms with van der Waals surface area (Å²) < 4.78 is 26.3. The first-order valence-electron chi connectivity index (χ1n) is 8.52. The molecule has 0 aromatic heterocycles. The van der Waals surface area contributed by atoms with Crippen molar-refractivity contribution in [1.29, 1.82) is 0 Å². The van der Waals surface area contributed by atoms with Crippen molar-refractivity contribution in [3.05, 3.63) is 59.1 Å². The van der Waals surface area contributed by atoms with Crippen molar-refractivity contribution in [3.8, 4) is 0 Å². The number of nitrogens with zero attached hydrogens (tertiary/aromatic N) is 1. The van der Waals surface area contributed by atoms with Crippen LogP contribution >= 0.6 is 11.6 Å². The number of halogens is 1. The van der Waals surface area contributed by atoms with Crippen LogP contribution < -0.4 is 5.32 Å². The third-order valence-electron chi connectivity index (χ3n) is 4.06. The van der Waals surface area contributed by atoms with Gasteiger partial charge in [-0.05, 0) is 42.3 Å². The van der Waals surface area contributed by atoms with E-state index in [1.54, 1.807) is 32.0 Å². The van der Waals surface area contributed by atoms with Crippen LogP contribution in [0.15, 0.2) is 53.4 Å². The second-order valence-electron chi connectivity index (χ2n) is 5.75. The van der Waals surface area contributed by atoms with Gasteiger partial charge in [0.05, 0.1) is 4.90 Å². The van der Waals surface area contributed by atoms with Crippen molar-refractivity contribution >= 4 is 33.2 Å². The lowest BCUT2D eigenvalue weighted by molar-refractivity contribution is -0.116. The predicted molar refractivity (Wildman–Crippen MR) is 105 cm³/mol. The molecule has 26 heavy (non-hydrogen) atoms. The van der Waals surface area contributed by atoms with Gasteiger partial charge in [0, 0.05) is 30.2 Å². The number of carbonyl (C=O) groups excluding carboxylic acids is 1. The van der Waals surface area contributed by atoms with E-state index in [0.717, 1.165) is 5.56 Å². The molecule has 140 valence electrons. The number of aryl methyl sites for hydroxylation is 1. The van der Waals surface area contributed by atoms with Crippen molar-refractivity contribution in [2.45, 2.75) is 31.6 Å². The SMILES string of the molecule is CCN(CC)S(=O)(=O)c1ccc(NC(=O)CCc2ccccc2Cl)cc1. The second-order valence-corrected chi connectivity index (χ2v) is 8.10. The van der Waals surface area contributed by atoms with E-state index in [9.17, 15) is 13.2 Å². The Hall–Kier alpha value is -1.89. The zero-order valence-electron chi connectivity index (χ0n) is 14.9. The second kappa shape index (κ2) is 9.16. The van der Waals surface area contributed by atoms with Crippen LogP contribution in [0.2, 0.25) is 5.02 Å². The topological polar surface area (TPSA) is 66.5 Å². The summed E-state index contributed by atoms with van der Waals surface area (Å²) in [6, 6.07) is 13.6. The molecule has 2 aromatic carbocycles. The normalized spacial score (nSPS) is 11.5. The first-order chi connectivity index (χ1) is 12.4. The highest BCUT2D eigenvalue weighted by Crippen LogP contribution is 2.19. The van der Waals surface area contributed by atoms with Crippen LogP contribution in [0, 0.1) is 0 Å². The molecule has 0 atom stereocenters. The van der Waals surface area contributed by atoms with Crippen LogP contribution in [0.25, 0.3) is 0 Å². The zero-order chi connectivity index (χ0) is 19.2. The number of benzene rings is 2. The molecule has 0 saturated heterocycles. The van der Waals surface area contributed by atoms with Gasteiger partial charge < -0.3 is 5.32 Å². The lowest BCUT2D eigenvalue weighted by atomic mass is 10.1. The van der Waals surface area contributed by atoms with Crippen LogP contribution in [0.1, 0.15) is 25.8 Å². The van der Waals surface area contributed by atoms with Crippen LogP contribution in [0.4, 0.5) is 5.69 Å². The molecule has 1 N–H and O–H groups in total. The van der Waals surface area contributed by atoms with Crippen molar-refractivity contribution < 1.29 is 13.2 Å². The van der Waals surface area contributed by atoms with Gasteiger partial charge in [-0.2, -0.15) is 4.31 Å². The van der Waals surface area contributed by atoms with E-state index in [1.165, 1.54) is 16.4 Å². The van der Waals surface area contributed by atoms with Gasteiger partial charge in [0.2, 0.25) is 15.9 Å². The molecule has 0 aliphatic carbocycles. The summed E-state index contributed by atoms with van der Waals surface area (Å²) in [5.41, 5.74) is 1.48. The summed E-state index contributed by atoms with van der Waals surface area (Å²) in [5.74, 6) is -0.149. The number of hydrogen-bond acceptors (Lipinski definition) is 3. The van der Waals surface area contributed by atoms with Gasteiger partial charge in [-0.3, -0.25) is 4.79 Å². The van der Waals surface area contributed by atoms with Gasteiger partial charge >= 0.3 is 0 Å². The van der Waals surface area contributed by atoms with Crippen molar-refractivity contribution in [1.82, 2.24) is 4.31 Å². The number of anilines is 1. The molecule has 0 bridgehead atoms. The number of hydrogen-bond donors (Lipinski definition) is 1. The summed E-state index contributed by atoms with van der Waals surface area (Å²) in [5, 5.41) is 3.42.